The molecule has 0 rings (SSSR count). The molecule has 0 saturated heterocycles. The molecule has 0 aliphatic heterocycles. The Morgan fingerprint density at radius 2 is 1.35 bits per heavy atom. The van der Waals surface area contributed by atoms with Gasteiger partial charge >= 0.3 is 8.80 Å². The van der Waals surface area contributed by atoms with Gasteiger partial charge in [0, 0.05) is 31.9 Å². The van der Waals surface area contributed by atoms with Crippen LogP contribution in [0.25, 0.3) is 0 Å². The third kappa shape index (κ3) is 7.85. The van der Waals surface area contributed by atoms with Crippen molar-refractivity contribution in [2.24, 2.45) is 0 Å². The number of hydrogen-bond donors (Lipinski definition) is 2. The molecule has 0 aromatic rings. The van der Waals surface area contributed by atoms with E-state index in [0.717, 1.165) is 12.6 Å². The normalized spacial score (nSPS) is 13.2. The summed E-state index contributed by atoms with van der Waals surface area (Å²) in [6.45, 7) is 13.1. The first-order valence-electron chi connectivity index (χ1n) is 6.29. The minimum atomic E-state index is -2.46. The third-order valence-electron chi connectivity index (χ3n) is 2.20. The monoisotopic (exact) mass is 266 g/mol. The second-order valence-corrected chi connectivity index (χ2v) is 6.29. The van der Waals surface area contributed by atoms with Crippen molar-refractivity contribution in [3.63, 3.8) is 0 Å². The molecule has 0 fully saturated rings. The topological polar surface area (TPSA) is 74.7 Å². The van der Waals surface area contributed by atoms with Crippen LogP contribution in [0.5, 0.6) is 0 Å². The van der Waals surface area contributed by atoms with Gasteiger partial charge in [-0.1, -0.05) is 6.92 Å². The summed E-state index contributed by atoms with van der Waals surface area (Å²) in [5, 5.41) is 3.37. The average Bonchev–Trinajstić information content (AvgIpc) is 2.18. The van der Waals surface area contributed by atoms with Crippen molar-refractivity contribution in [3.05, 3.63) is 0 Å². The number of rotatable bonds is 10. The van der Waals surface area contributed by atoms with Gasteiger partial charge in [0.2, 0.25) is 0 Å². The van der Waals surface area contributed by atoms with Crippen LogP contribution in [0.15, 0.2) is 0 Å². The molecular formula is C11H30N2O3Si. The molecule has 0 aliphatic rings. The molecule has 0 spiro atoms. The molecule has 0 amide bonds. The molecule has 0 heterocycles. The maximum absolute atomic E-state index is 5.78. The Kier molecular flexibility index (Phi) is 12.7. The molecule has 0 aromatic carbocycles. The molecule has 1 unspecified atom stereocenters. The Morgan fingerprint density at radius 3 is 1.65 bits per heavy atom. The van der Waals surface area contributed by atoms with Gasteiger partial charge in [-0.15, -0.1) is 0 Å². The first-order valence-corrected chi connectivity index (χ1v) is 8.22. The minimum absolute atomic E-state index is 0. The highest BCUT2D eigenvalue weighted by Gasteiger charge is 2.41. The number of nitrogens with one attached hydrogen (secondary N) is 1. The Labute approximate surface area is 107 Å². The van der Waals surface area contributed by atoms with E-state index in [-0.39, 0.29) is 6.15 Å². The maximum Gasteiger partial charge on any atom is 0.502 e. The second-order valence-electron chi connectivity index (χ2n) is 3.64. The van der Waals surface area contributed by atoms with Gasteiger partial charge in [-0.05, 0) is 34.2 Å². The van der Waals surface area contributed by atoms with Crippen LogP contribution in [-0.4, -0.2) is 41.2 Å². The Bertz CT molecular complexity index is 156. The second kappa shape index (κ2) is 11.1. The van der Waals surface area contributed by atoms with Gasteiger partial charge in [0.15, 0.2) is 0 Å². The van der Waals surface area contributed by atoms with Gasteiger partial charge in [0.05, 0.1) is 0 Å². The lowest BCUT2D eigenvalue weighted by Crippen LogP contribution is -2.50. The zero-order valence-corrected chi connectivity index (χ0v) is 13.0. The molecule has 0 radical (unpaired) electrons. The summed E-state index contributed by atoms with van der Waals surface area (Å²) in [4.78, 5) is 0. The SMILES string of the molecule is CCNC(C)C[Si](OCC)(OCC)OCC.N. The van der Waals surface area contributed by atoms with Crippen molar-refractivity contribution in [2.45, 2.75) is 46.7 Å². The Hall–Kier alpha value is 0.0169. The lowest BCUT2D eigenvalue weighted by molar-refractivity contribution is 0.0691. The fraction of sp³-hybridized carbons (Fsp3) is 1.00. The van der Waals surface area contributed by atoms with Gasteiger partial charge in [-0.25, -0.2) is 0 Å². The lowest BCUT2D eigenvalue weighted by Gasteiger charge is -2.30. The summed E-state index contributed by atoms with van der Waals surface area (Å²) in [5.41, 5.74) is 0. The largest absolute Gasteiger partial charge is 0.502 e. The zero-order valence-electron chi connectivity index (χ0n) is 12.0. The van der Waals surface area contributed by atoms with E-state index < -0.39 is 8.80 Å². The molecule has 1 atom stereocenters. The van der Waals surface area contributed by atoms with E-state index >= 15 is 0 Å². The van der Waals surface area contributed by atoms with Crippen LogP contribution in [0.2, 0.25) is 6.04 Å². The number of hydrogen-bond acceptors (Lipinski definition) is 5. The third-order valence-corrected chi connectivity index (χ3v) is 5.50. The zero-order chi connectivity index (χ0) is 12.4. The van der Waals surface area contributed by atoms with E-state index in [1.807, 2.05) is 20.8 Å². The molecule has 0 bridgehead atoms. The lowest BCUT2D eigenvalue weighted by atomic mass is 10.4. The van der Waals surface area contributed by atoms with E-state index in [0.29, 0.717) is 25.9 Å². The molecule has 5 nitrogen and oxygen atoms in total. The smallest absolute Gasteiger partial charge is 0.374 e. The molecule has 6 heteroatoms. The summed E-state index contributed by atoms with van der Waals surface area (Å²) in [6.07, 6.45) is 0. The molecular weight excluding hydrogens is 236 g/mol. The first-order chi connectivity index (χ1) is 7.64. The van der Waals surface area contributed by atoms with Gasteiger partial charge in [0.25, 0.3) is 0 Å². The molecule has 106 valence electrons. The molecule has 0 aromatic heterocycles. The average molecular weight is 266 g/mol. The summed E-state index contributed by atoms with van der Waals surface area (Å²) < 4.78 is 17.3. The van der Waals surface area contributed by atoms with Crippen molar-refractivity contribution in [3.8, 4) is 0 Å². The van der Waals surface area contributed by atoms with Crippen molar-refractivity contribution < 1.29 is 13.3 Å². The predicted octanol–water partition coefficient (Wildman–Crippen LogP) is 2.19. The van der Waals surface area contributed by atoms with Gasteiger partial charge in [-0.3, -0.25) is 0 Å². The van der Waals surface area contributed by atoms with E-state index in [1.54, 1.807) is 0 Å². The van der Waals surface area contributed by atoms with Crippen LogP contribution >= 0.6 is 0 Å². The highest BCUT2D eigenvalue weighted by Crippen LogP contribution is 2.18. The van der Waals surface area contributed by atoms with E-state index in [9.17, 15) is 0 Å². The van der Waals surface area contributed by atoms with E-state index in [1.165, 1.54) is 0 Å². The van der Waals surface area contributed by atoms with Crippen LogP contribution in [0.1, 0.15) is 34.6 Å². The van der Waals surface area contributed by atoms with Crippen LogP contribution in [0.3, 0.4) is 0 Å². The van der Waals surface area contributed by atoms with Gasteiger partial charge in [0.1, 0.15) is 0 Å². The van der Waals surface area contributed by atoms with Crippen molar-refractivity contribution in [2.75, 3.05) is 26.4 Å². The fourth-order valence-electron chi connectivity index (χ4n) is 1.76. The van der Waals surface area contributed by atoms with Crippen LogP contribution in [0, 0.1) is 0 Å². The summed E-state index contributed by atoms with van der Waals surface area (Å²) in [5.74, 6) is 0. The summed E-state index contributed by atoms with van der Waals surface area (Å²) >= 11 is 0. The molecule has 0 aliphatic carbocycles. The Balaban J connectivity index is 0. The van der Waals surface area contributed by atoms with Crippen LogP contribution in [-0.2, 0) is 13.3 Å². The van der Waals surface area contributed by atoms with E-state index in [4.69, 9.17) is 13.3 Å². The van der Waals surface area contributed by atoms with Crippen molar-refractivity contribution in [1.82, 2.24) is 11.5 Å². The maximum atomic E-state index is 5.78. The van der Waals surface area contributed by atoms with Crippen LogP contribution in [0.4, 0.5) is 0 Å². The predicted molar refractivity (Wildman–Crippen MR) is 73.6 cm³/mol. The standard InChI is InChI=1S/C11H27NO3Si.H3N/c1-6-12-11(5)10-16(13-7-2,14-8-3)15-9-4;/h11-12H,6-10H2,1-5H3;1H3. The highest BCUT2D eigenvalue weighted by atomic mass is 28.4. The van der Waals surface area contributed by atoms with Gasteiger partial charge in [-0.2, -0.15) is 0 Å². The molecule has 4 N–H and O–H groups in total. The first kappa shape index (κ1) is 19.4. The van der Waals surface area contributed by atoms with Gasteiger partial charge < -0.3 is 24.7 Å². The van der Waals surface area contributed by atoms with Crippen molar-refractivity contribution >= 4 is 8.80 Å². The summed E-state index contributed by atoms with van der Waals surface area (Å²) in [7, 11) is -2.46. The summed E-state index contributed by atoms with van der Waals surface area (Å²) in [6, 6.07) is 1.19. The quantitative estimate of drug-likeness (QED) is 0.593. The highest BCUT2D eigenvalue weighted by molar-refractivity contribution is 6.60. The fourth-order valence-corrected chi connectivity index (χ4v) is 4.57. The van der Waals surface area contributed by atoms with E-state index in [2.05, 4.69) is 19.2 Å². The minimum Gasteiger partial charge on any atom is -0.374 e. The Morgan fingerprint density at radius 1 is 0.941 bits per heavy atom. The van der Waals surface area contributed by atoms with Crippen LogP contribution < -0.4 is 11.5 Å². The molecule has 17 heavy (non-hydrogen) atoms. The van der Waals surface area contributed by atoms with Crippen molar-refractivity contribution in [1.29, 1.82) is 0 Å². The molecule has 0 saturated carbocycles.